The van der Waals surface area contributed by atoms with Crippen LogP contribution >= 0.6 is 0 Å². The van der Waals surface area contributed by atoms with Crippen LogP contribution in [0.1, 0.15) is 48.2 Å². The molecule has 120 valence electrons. The Labute approximate surface area is 129 Å². The monoisotopic (exact) mass is 307 g/mol. The highest BCUT2D eigenvalue weighted by atomic mass is 16.5. The first kappa shape index (κ1) is 16.4. The first-order valence-electron chi connectivity index (χ1n) is 7.23. The van der Waals surface area contributed by atoms with Gasteiger partial charge in [0.2, 0.25) is 0 Å². The second kappa shape index (κ2) is 6.00. The highest BCUT2D eigenvalue weighted by Gasteiger charge is 2.51. The van der Waals surface area contributed by atoms with Crippen molar-refractivity contribution in [3.05, 3.63) is 23.8 Å². The second-order valence-electron chi connectivity index (χ2n) is 6.02. The summed E-state index contributed by atoms with van der Waals surface area (Å²) in [5, 5.41) is 8.80. The van der Waals surface area contributed by atoms with E-state index in [4.69, 9.17) is 9.84 Å². The van der Waals surface area contributed by atoms with Crippen LogP contribution < -0.4 is 0 Å². The third-order valence-electron chi connectivity index (χ3n) is 4.37. The summed E-state index contributed by atoms with van der Waals surface area (Å²) < 4.78 is 5.67. The Kier molecular flexibility index (Phi) is 4.46. The zero-order valence-corrected chi connectivity index (χ0v) is 13.2. The van der Waals surface area contributed by atoms with E-state index in [1.54, 1.807) is 11.9 Å². The van der Waals surface area contributed by atoms with Crippen molar-refractivity contribution in [2.75, 3.05) is 13.7 Å². The Morgan fingerprint density at radius 2 is 1.95 bits per heavy atom. The predicted octanol–water partition coefficient (Wildman–Crippen LogP) is 1.45. The smallest absolute Gasteiger partial charge is 0.356 e. The van der Waals surface area contributed by atoms with E-state index in [1.165, 1.54) is 6.20 Å². The highest BCUT2D eigenvalue weighted by molar-refractivity contribution is 5.93. The van der Waals surface area contributed by atoms with Gasteiger partial charge in [-0.15, -0.1) is 0 Å². The zero-order valence-electron chi connectivity index (χ0n) is 13.2. The molecule has 0 aliphatic heterocycles. The minimum atomic E-state index is -1.17. The van der Waals surface area contributed by atoms with Gasteiger partial charge in [-0.25, -0.2) is 14.8 Å². The van der Waals surface area contributed by atoms with E-state index in [1.807, 2.05) is 6.92 Å². The average Bonchev–Trinajstić information content (AvgIpc) is 2.49. The van der Waals surface area contributed by atoms with Crippen LogP contribution in [0.2, 0.25) is 0 Å². The molecule has 7 heteroatoms. The van der Waals surface area contributed by atoms with Crippen LogP contribution in [0, 0.1) is 5.41 Å². The molecule has 1 N–H and O–H groups in total. The number of rotatable bonds is 5. The number of carboxylic acids is 1. The number of carboxylic acid groups (broad SMARTS) is 1. The summed E-state index contributed by atoms with van der Waals surface area (Å²) in [4.78, 5) is 32.5. The van der Waals surface area contributed by atoms with Crippen LogP contribution in [0.4, 0.5) is 0 Å². The molecule has 22 heavy (non-hydrogen) atoms. The van der Waals surface area contributed by atoms with Gasteiger partial charge in [0.1, 0.15) is 5.69 Å². The molecule has 1 amide bonds. The number of amides is 1. The van der Waals surface area contributed by atoms with Gasteiger partial charge in [-0.2, -0.15) is 0 Å². The number of nitrogens with zero attached hydrogens (tertiary/aromatic N) is 3. The standard InChI is InChI=1S/C15H21N3O4/c1-5-22-12-6-11(15(12,2)3)18(4)13(19)9-7-17-10(8-16-9)14(20)21/h7-8,11-12H,5-6H2,1-4H3,(H,20,21). The van der Waals surface area contributed by atoms with Crippen molar-refractivity contribution >= 4 is 11.9 Å². The van der Waals surface area contributed by atoms with Gasteiger partial charge in [0.05, 0.1) is 18.5 Å². The van der Waals surface area contributed by atoms with Gasteiger partial charge in [-0.3, -0.25) is 4.79 Å². The molecule has 0 spiro atoms. The number of hydrogen-bond donors (Lipinski definition) is 1. The van der Waals surface area contributed by atoms with E-state index >= 15 is 0 Å². The summed E-state index contributed by atoms with van der Waals surface area (Å²) in [6.07, 6.45) is 3.22. The Hall–Kier alpha value is -2.02. The highest BCUT2D eigenvalue weighted by Crippen LogP contribution is 2.45. The van der Waals surface area contributed by atoms with Crippen LogP contribution in [-0.4, -0.2) is 57.7 Å². The van der Waals surface area contributed by atoms with E-state index in [2.05, 4.69) is 23.8 Å². The molecule has 2 rings (SSSR count). The van der Waals surface area contributed by atoms with Gasteiger partial charge < -0.3 is 14.7 Å². The van der Waals surface area contributed by atoms with Crippen LogP contribution in [0.5, 0.6) is 0 Å². The third-order valence-corrected chi connectivity index (χ3v) is 4.37. The van der Waals surface area contributed by atoms with Crippen molar-refractivity contribution < 1.29 is 19.4 Å². The lowest BCUT2D eigenvalue weighted by Gasteiger charge is -2.54. The number of hydrogen-bond acceptors (Lipinski definition) is 5. The SMILES string of the molecule is CCOC1CC(N(C)C(=O)c2cnc(C(=O)O)cn2)C1(C)C. The molecule has 1 fully saturated rings. The van der Waals surface area contributed by atoms with Crippen molar-refractivity contribution in [1.29, 1.82) is 0 Å². The van der Waals surface area contributed by atoms with Crippen LogP contribution in [0.3, 0.4) is 0 Å². The lowest BCUT2D eigenvalue weighted by Crippen LogP contribution is -2.62. The summed E-state index contributed by atoms with van der Waals surface area (Å²) in [6, 6.07) is 0.0532. The minimum Gasteiger partial charge on any atom is -0.476 e. The summed E-state index contributed by atoms with van der Waals surface area (Å²) >= 11 is 0. The van der Waals surface area contributed by atoms with Crippen LogP contribution in [0.15, 0.2) is 12.4 Å². The van der Waals surface area contributed by atoms with Gasteiger partial charge in [0.25, 0.3) is 5.91 Å². The first-order chi connectivity index (χ1) is 10.3. The Balaban J connectivity index is 2.08. The van der Waals surface area contributed by atoms with Gasteiger partial charge in [-0.05, 0) is 13.3 Å². The lowest BCUT2D eigenvalue weighted by molar-refractivity contribution is -0.136. The predicted molar refractivity (Wildman–Crippen MR) is 78.7 cm³/mol. The molecule has 1 heterocycles. The van der Waals surface area contributed by atoms with Crippen LogP contribution in [-0.2, 0) is 4.74 Å². The number of aromatic nitrogens is 2. The fourth-order valence-electron chi connectivity index (χ4n) is 2.88. The number of carbonyl (C=O) groups is 2. The molecular formula is C15H21N3O4. The molecule has 1 aromatic heterocycles. The van der Waals surface area contributed by atoms with Crippen LogP contribution in [0.25, 0.3) is 0 Å². The molecule has 0 saturated heterocycles. The van der Waals surface area contributed by atoms with Crippen molar-refractivity contribution in [1.82, 2.24) is 14.9 Å². The van der Waals surface area contributed by atoms with E-state index in [9.17, 15) is 9.59 Å². The first-order valence-corrected chi connectivity index (χ1v) is 7.23. The molecule has 0 aromatic carbocycles. The topological polar surface area (TPSA) is 92.6 Å². The molecule has 2 unspecified atom stereocenters. The minimum absolute atomic E-state index is 0.0532. The molecule has 1 aromatic rings. The number of aromatic carboxylic acids is 1. The Bertz CT molecular complexity index is 571. The third kappa shape index (κ3) is 2.81. The number of ether oxygens (including phenoxy) is 1. The van der Waals surface area contributed by atoms with E-state index in [0.29, 0.717) is 6.61 Å². The summed E-state index contributed by atoms with van der Waals surface area (Å²) in [7, 11) is 1.73. The maximum Gasteiger partial charge on any atom is 0.356 e. The molecule has 2 atom stereocenters. The molecule has 1 aliphatic carbocycles. The van der Waals surface area contributed by atoms with Crippen molar-refractivity contribution in [3.8, 4) is 0 Å². The van der Waals surface area contributed by atoms with Crippen molar-refractivity contribution in [2.45, 2.75) is 39.3 Å². The Morgan fingerprint density at radius 3 is 2.41 bits per heavy atom. The van der Waals surface area contributed by atoms with Gasteiger partial charge >= 0.3 is 5.97 Å². The maximum atomic E-state index is 12.4. The maximum absolute atomic E-state index is 12.4. The van der Waals surface area contributed by atoms with Gasteiger partial charge in [0.15, 0.2) is 5.69 Å². The van der Waals surface area contributed by atoms with Crippen molar-refractivity contribution in [2.24, 2.45) is 5.41 Å². The fraction of sp³-hybridized carbons (Fsp3) is 0.600. The summed E-state index contributed by atoms with van der Waals surface area (Å²) in [5.41, 5.74) is -0.169. The average molecular weight is 307 g/mol. The Morgan fingerprint density at radius 1 is 1.36 bits per heavy atom. The fourth-order valence-corrected chi connectivity index (χ4v) is 2.88. The quantitative estimate of drug-likeness (QED) is 0.885. The molecule has 1 saturated carbocycles. The van der Waals surface area contributed by atoms with Gasteiger partial charge in [-0.1, -0.05) is 13.8 Å². The summed E-state index contributed by atoms with van der Waals surface area (Å²) in [5.74, 6) is -1.43. The van der Waals surface area contributed by atoms with Crippen molar-refractivity contribution in [3.63, 3.8) is 0 Å². The van der Waals surface area contributed by atoms with E-state index in [0.717, 1.165) is 12.6 Å². The second-order valence-corrected chi connectivity index (χ2v) is 6.02. The van der Waals surface area contributed by atoms with Gasteiger partial charge in [0, 0.05) is 25.1 Å². The lowest BCUT2D eigenvalue weighted by atomic mass is 9.63. The molecule has 1 aliphatic rings. The number of carbonyl (C=O) groups excluding carboxylic acids is 1. The normalized spacial score (nSPS) is 22.7. The molecule has 0 bridgehead atoms. The summed E-state index contributed by atoms with van der Waals surface area (Å²) in [6.45, 7) is 6.76. The molecular weight excluding hydrogens is 286 g/mol. The molecule has 7 nitrogen and oxygen atoms in total. The van der Waals surface area contributed by atoms with E-state index in [-0.39, 0.29) is 34.9 Å². The largest absolute Gasteiger partial charge is 0.476 e. The molecule has 0 radical (unpaired) electrons. The van der Waals surface area contributed by atoms with E-state index < -0.39 is 5.97 Å². The zero-order chi connectivity index (χ0) is 16.5.